The van der Waals surface area contributed by atoms with E-state index in [9.17, 15) is 0 Å². The van der Waals surface area contributed by atoms with Gasteiger partial charge in [0, 0.05) is 52.6 Å². The minimum absolute atomic E-state index is 0. The van der Waals surface area contributed by atoms with Crippen LogP contribution in [0.2, 0.25) is 0 Å². The number of rotatable bonds is 12. The molecule has 4 N–H and O–H groups in total. The van der Waals surface area contributed by atoms with Gasteiger partial charge in [-0.15, -0.1) is 0 Å². The second-order valence-electron chi connectivity index (χ2n) is 7.46. The molecule has 4 nitrogen and oxygen atoms in total. The predicted octanol–water partition coefficient (Wildman–Crippen LogP) is 5.66. The number of hydrogen-bond acceptors (Lipinski definition) is 4. The van der Waals surface area contributed by atoms with Gasteiger partial charge in [0.15, 0.2) is 0 Å². The largest absolute Gasteiger partial charge is 0.396 e. The van der Waals surface area contributed by atoms with Crippen LogP contribution in [0.25, 0.3) is 0 Å². The Bertz CT molecular complexity index is 157. The first-order valence-corrected chi connectivity index (χ1v) is 11.8. The van der Waals surface area contributed by atoms with Crippen LogP contribution in [0, 0.1) is 23.7 Å². The summed E-state index contributed by atoms with van der Waals surface area (Å²) in [4.78, 5) is 0. The van der Waals surface area contributed by atoms with Gasteiger partial charge in [-0.05, 0) is 23.7 Å². The molecule has 0 aromatic heterocycles. The second-order valence-corrected chi connectivity index (χ2v) is 7.46. The van der Waals surface area contributed by atoms with E-state index in [1.54, 1.807) is 0 Å². The third kappa shape index (κ3) is 33.6. The maximum absolute atomic E-state index is 8.53. The van der Waals surface area contributed by atoms with Crippen molar-refractivity contribution in [3.05, 3.63) is 0 Å². The van der Waals surface area contributed by atoms with Crippen molar-refractivity contribution in [3.63, 3.8) is 0 Å². The summed E-state index contributed by atoms with van der Waals surface area (Å²) in [6.45, 7) is 18.2. The Kier molecular flexibility index (Phi) is 50.0. The van der Waals surface area contributed by atoms with Crippen LogP contribution in [0.3, 0.4) is 0 Å². The average molecular weight is 500 g/mol. The molecule has 0 heterocycles. The van der Waals surface area contributed by atoms with Gasteiger partial charge in [-0.3, -0.25) is 0 Å². The Hall–Kier alpha value is 0.723. The molecule has 0 bridgehead atoms. The fraction of sp³-hybridized carbons (Fsp3) is 1.00. The zero-order valence-corrected chi connectivity index (χ0v) is 23.5. The monoisotopic (exact) mass is 498 g/mol. The van der Waals surface area contributed by atoms with Crippen LogP contribution in [-0.4, -0.2) is 46.9 Å². The zero-order valence-electron chi connectivity index (χ0n) is 21.1. The van der Waals surface area contributed by atoms with Gasteiger partial charge >= 0.3 is 0 Å². The molecule has 0 atom stereocenters. The molecule has 180 valence electrons. The first kappa shape index (κ1) is 40.1. The molecule has 0 radical (unpaired) electrons. The van der Waals surface area contributed by atoms with E-state index in [4.69, 9.17) is 20.4 Å². The third-order valence-corrected chi connectivity index (χ3v) is 5.65. The van der Waals surface area contributed by atoms with Crippen molar-refractivity contribution in [3.8, 4) is 0 Å². The minimum atomic E-state index is 0. The number of aliphatic hydroxyl groups excluding tert-OH is 4. The molecule has 0 saturated carbocycles. The molecule has 5 heteroatoms. The van der Waals surface area contributed by atoms with Gasteiger partial charge < -0.3 is 20.4 Å². The van der Waals surface area contributed by atoms with Crippen LogP contribution >= 0.6 is 0 Å². The Labute approximate surface area is 203 Å². The fourth-order valence-corrected chi connectivity index (χ4v) is 2.19. The molecule has 0 aromatic rings. The summed E-state index contributed by atoms with van der Waals surface area (Å²) in [7, 11) is 0. The van der Waals surface area contributed by atoms with Gasteiger partial charge in [0.2, 0.25) is 0 Å². The van der Waals surface area contributed by atoms with E-state index in [-0.39, 0.29) is 26.2 Å². The molecule has 0 spiro atoms. The van der Waals surface area contributed by atoms with Gasteiger partial charge in [0.25, 0.3) is 0 Å². The summed E-state index contributed by atoms with van der Waals surface area (Å²) >= 11 is 0. The quantitative estimate of drug-likeness (QED) is 0.279. The Morgan fingerprint density at radius 3 is 0.448 bits per heavy atom. The Morgan fingerprint density at radius 2 is 0.448 bits per heavy atom. The predicted molar refractivity (Wildman–Crippen MR) is 125 cm³/mol. The van der Waals surface area contributed by atoms with E-state index in [1.165, 1.54) is 0 Å². The van der Waals surface area contributed by atoms with Crippen molar-refractivity contribution < 1.29 is 46.6 Å². The third-order valence-electron chi connectivity index (χ3n) is 5.65. The molecular formula is C24H56O4Zr. The summed E-state index contributed by atoms with van der Waals surface area (Å²) in [5, 5.41) is 34.1. The SMILES string of the molecule is CCC(CC)CO.CCC(CC)CO.CCC(CC)CO.CCC(CC)CO.[Zr]. The van der Waals surface area contributed by atoms with E-state index in [1.807, 2.05) is 0 Å². The molecule has 0 aliphatic heterocycles. The van der Waals surface area contributed by atoms with Crippen LogP contribution in [0.1, 0.15) is 107 Å². The van der Waals surface area contributed by atoms with Crippen LogP contribution in [-0.2, 0) is 26.2 Å². The molecule has 0 aliphatic carbocycles. The topological polar surface area (TPSA) is 80.9 Å². The van der Waals surface area contributed by atoms with Crippen molar-refractivity contribution in [2.24, 2.45) is 23.7 Å². The number of hydrogen-bond donors (Lipinski definition) is 4. The summed E-state index contributed by atoms with van der Waals surface area (Å²) in [6.07, 6.45) is 8.83. The standard InChI is InChI=1S/4C6H14O.Zr/c4*1-3-6(4-2)5-7;/h4*6-7H,3-5H2,1-2H3;. The van der Waals surface area contributed by atoms with E-state index >= 15 is 0 Å². The van der Waals surface area contributed by atoms with Gasteiger partial charge in [-0.25, -0.2) is 0 Å². The molecule has 0 fully saturated rings. The molecular weight excluding hydrogens is 443 g/mol. The fourth-order valence-electron chi connectivity index (χ4n) is 2.19. The normalized spacial score (nSPS) is 9.93. The van der Waals surface area contributed by atoms with Crippen LogP contribution < -0.4 is 0 Å². The maximum Gasteiger partial charge on any atom is 0.0459 e. The molecule has 0 aliphatic rings. The molecule has 0 rings (SSSR count). The van der Waals surface area contributed by atoms with Crippen LogP contribution in [0.5, 0.6) is 0 Å². The van der Waals surface area contributed by atoms with Gasteiger partial charge in [-0.2, -0.15) is 0 Å². The van der Waals surface area contributed by atoms with Crippen LogP contribution in [0.15, 0.2) is 0 Å². The van der Waals surface area contributed by atoms with Crippen molar-refractivity contribution >= 4 is 0 Å². The van der Waals surface area contributed by atoms with E-state index in [2.05, 4.69) is 55.4 Å². The van der Waals surface area contributed by atoms with Gasteiger partial charge in [0.05, 0.1) is 0 Å². The Morgan fingerprint density at radius 1 is 0.345 bits per heavy atom. The van der Waals surface area contributed by atoms with Crippen molar-refractivity contribution in [2.75, 3.05) is 26.4 Å². The van der Waals surface area contributed by atoms with E-state index in [0.717, 1.165) is 51.4 Å². The van der Waals surface area contributed by atoms with Crippen molar-refractivity contribution in [1.82, 2.24) is 0 Å². The maximum atomic E-state index is 8.53. The summed E-state index contributed by atoms with van der Waals surface area (Å²) in [6, 6.07) is 0. The summed E-state index contributed by atoms with van der Waals surface area (Å²) in [5.74, 6) is 2.17. The average Bonchev–Trinajstić information content (AvgIpc) is 2.75. The smallest absolute Gasteiger partial charge is 0.0459 e. The second kappa shape index (κ2) is 36.1. The molecule has 29 heavy (non-hydrogen) atoms. The molecule has 0 amide bonds. The van der Waals surface area contributed by atoms with Gasteiger partial charge in [0.1, 0.15) is 0 Å². The van der Waals surface area contributed by atoms with E-state index < -0.39 is 0 Å². The summed E-state index contributed by atoms with van der Waals surface area (Å²) in [5.41, 5.74) is 0. The minimum Gasteiger partial charge on any atom is -0.396 e. The first-order valence-electron chi connectivity index (χ1n) is 11.8. The van der Waals surface area contributed by atoms with Gasteiger partial charge in [-0.1, -0.05) is 107 Å². The van der Waals surface area contributed by atoms with Crippen molar-refractivity contribution in [1.29, 1.82) is 0 Å². The van der Waals surface area contributed by atoms with Crippen LogP contribution in [0.4, 0.5) is 0 Å². The first-order chi connectivity index (χ1) is 13.4. The molecule has 0 aromatic carbocycles. The molecule has 0 saturated heterocycles. The zero-order chi connectivity index (χ0) is 22.8. The van der Waals surface area contributed by atoms with E-state index in [0.29, 0.717) is 50.1 Å². The molecule has 0 unspecified atom stereocenters. The number of aliphatic hydroxyl groups is 4. The summed E-state index contributed by atoms with van der Waals surface area (Å²) < 4.78 is 0. The Balaban J connectivity index is -0.0000000873. The van der Waals surface area contributed by atoms with Crippen molar-refractivity contribution in [2.45, 2.75) is 107 Å².